The van der Waals surface area contributed by atoms with Crippen molar-refractivity contribution in [3.05, 3.63) is 0 Å². The van der Waals surface area contributed by atoms with Crippen LogP contribution in [0.2, 0.25) is 0 Å². The van der Waals surface area contributed by atoms with E-state index in [4.69, 9.17) is 0 Å². The summed E-state index contributed by atoms with van der Waals surface area (Å²) in [5.74, 6) is 0.905. The topological polar surface area (TPSA) is 65.5 Å². The van der Waals surface area contributed by atoms with E-state index in [2.05, 4.69) is 34.8 Å². The lowest BCUT2D eigenvalue weighted by molar-refractivity contribution is -0.121. The van der Waals surface area contributed by atoms with Gasteiger partial charge in [-0.15, -0.1) is 24.0 Å². The van der Waals surface area contributed by atoms with Crippen molar-refractivity contribution < 1.29 is 4.79 Å². The minimum atomic E-state index is 0. The van der Waals surface area contributed by atoms with Gasteiger partial charge in [-0.1, -0.05) is 12.8 Å². The molecule has 1 rings (SSSR count). The first-order chi connectivity index (χ1) is 9.11. The van der Waals surface area contributed by atoms with Crippen LogP contribution in [0.4, 0.5) is 0 Å². The maximum Gasteiger partial charge on any atom is 0.222 e. The van der Waals surface area contributed by atoms with Gasteiger partial charge in [-0.05, 0) is 33.6 Å². The van der Waals surface area contributed by atoms with Crippen LogP contribution in [-0.2, 0) is 4.79 Å². The van der Waals surface area contributed by atoms with E-state index in [1.165, 1.54) is 12.8 Å². The summed E-state index contributed by atoms with van der Waals surface area (Å²) in [6, 6.07) is 0.739. The smallest absolute Gasteiger partial charge is 0.222 e. The van der Waals surface area contributed by atoms with Crippen molar-refractivity contribution in [2.24, 2.45) is 4.99 Å². The standard InChI is InChI=1S/C14H28N4O.HI/c1-4-15-14(17-11(2)3)16-10-9-13(19)18-12-7-5-6-8-12;/h11-12H,4-10H2,1-3H3,(H,18,19)(H2,15,16,17);1H. The lowest BCUT2D eigenvalue weighted by Gasteiger charge is -2.14. The minimum Gasteiger partial charge on any atom is -0.357 e. The molecule has 0 bridgehead atoms. The number of carbonyl (C=O) groups is 1. The van der Waals surface area contributed by atoms with E-state index in [1.807, 2.05) is 6.92 Å². The molecular weight excluding hydrogens is 367 g/mol. The molecule has 0 aromatic carbocycles. The van der Waals surface area contributed by atoms with Crippen LogP contribution >= 0.6 is 24.0 Å². The van der Waals surface area contributed by atoms with Gasteiger partial charge in [0, 0.05) is 25.0 Å². The summed E-state index contributed by atoms with van der Waals surface area (Å²) in [7, 11) is 0. The van der Waals surface area contributed by atoms with Gasteiger partial charge >= 0.3 is 0 Å². The Labute approximate surface area is 139 Å². The van der Waals surface area contributed by atoms with Crippen LogP contribution < -0.4 is 16.0 Å². The molecular formula is C14H29IN4O. The first-order valence-corrected chi connectivity index (χ1v) is 7.46. The van der Waals surface area contributed by atoms with E-state index in [-0.39, 0.29) is 29.9 Å². The molecule has 0 atom stereocenters. The zero-order valence-corrected chi connectivity index (χ0v) is 15.2. The van der Waals surface area contributed by atoms with E-state index in [9.17, 15) is 4.79 Å². The molecule has 0 heterocycles. The summed E-state index contributed by atoms with van der Waals surface area (Å²) in [5, 5.41) is 9.48. The second-order valence-corrected chi connectivity index (χ2v) is 5.36. The van der Waals surface area contributed by atoms with Gasteiger partial charge in [-0.25, -0.2) is 0 Å². The summed E-state index contributed by atoms with van der Waals surface area (Å²) < 4.78 is 0. The average Bonchev–Trinajstić information content (AvgIpc) is 2.81. The van der Waals surface area contributed by atoms with Gasteiger partial charge in [-0.3, -0.25) is 9.79 Å². The van der Waals surface area contributed by atoms with Crippen molar-refractivity contribution in [3.63, 3.8) is 0 Å². The Morgan fingerprint density at radius 3 is 2.50 bits per heavy atom. The number of hydrogen-bond acceptors (Lipinski definition) is 2. The number of carbonyl (C=O) groups excluding carboxylic acids is 1. The second-order valence-electron chi connectivity index (χ2n) is 5.36. The SMILES string of the molecule is CCNC(=NCCC(=O)NC1CCCC1)NC(C)C.I. The summed E-state index contributed by atoms with van der Waals surface area (Å²) >= 11 is 0. The highest BCUT2D eigenvalue weighted by Gasteiger charge is 2.16. The van der Waals surface area contributed by atoms with Crippen molar-refractivity contribution >= 4 is 35.8 Å². The molecule has 0 aromatic heterocycles. The van der Waals surface area contributed by atoms with Crippen LogP contribution in [0.15, 0.2) is 4.99 Å². The lowest BCUT2D eigenvalue weighted by Crippen LogP contribution is -2.41. The fraction of sp³-hybridized carbons (Fsp3) is 0.857. The Hall–Kier alpha value is -0.530. The van der Waals surface area contributed by atoms with E-state index >= 15 is 0 Å². The van der Waals surface area contributed by atoms with E-state index in [1.54, 1.807) is 0 Å². The fourth-order valence-electron chi connectivity index (χ4n) is 2.23. The molecule has 1 aliphatic carbocycles. The molecule has 0 aliphatic heterocycles. The molecule has 3 N–H and O–H groups in total. The monoisotopic (exact) mass is 396 g/mol. The quantitative estimate of drug-likeness (QED) is 0.366. The largest absolute Gasteiger partial charge is 0.357 e. The Bertz CT molecular complexity index is 302. The molecule has 20 heavy (non-hydrogen) atoms. The van der Waals surface area contributed by atoms with Gasteiger partial charge in [0.15, 0.2) is 5.96 Å². The van der Waals surface area contributed by atoms with Crippen LogP contribution in [-0.4, -0.2) is 37.0 Å². The molecule has 118 valence electrons. The number of nitrogens with one attached hydrogen (secondary N) is 3. The fourth-order valence-corrected chi connectivity index (χ4v) is 2.23. The molecule has 0 aromatic rings. The van der Waals surface area contributed by atoms with Crippen LogP contribution in [0, 0.1) is 0 Å². The Morgan fingerprint density at radius 2 is 1.95 bits per heavy atom. The van der Waals surface area contributed by atoms with Crippen LogP contribution in [0.25, 0.3) is 0 Å². The van der Waals surface area contributed by atoms with Gasteiger partial charge in [0.2, 0.25) is 5.91 Å². The Kier molecular flexibility index (Phi) is 10.9. The van der Waals surface area contributed by atoms with Crippen molar-refractivity contribution in [3.8, 4) is 0 Å². The third-order valence-corrected chi connectivity index (χ3v) is 3.10. The number of guanidine groups is 1. The molecule has 1 saturated carbocycles. The van der Waals surface area contributed by atoms with Crippen LogP contribution in [0.5, 0.6) is 0 Å². The number of nitrogens with zero attached hydrogens (tertiary/aromatic N) is 1. The van der Waals surface area contributed by atoms with Crippen LogP contribution in [0.1, 0.15) is 52.9 Å². The number of halogens is 1. The summed E-state index contributed by atoms with van der Waals surface area (Å²) in [6.45, 7) is 7.52. The normalized spacial score (nSPS) is 15.9. The molecule has 5 nitrogen and oxygen atoms in total. The van der Waals surface area contributed by atoms with Gasteiger partial charge in [0.1, 0.15) is 0 Å². The number of aliphatic imine (C=N–C) groups is 1. The molecule has 6 heteroatoms. The molecule has 1 aliphatic rings. The average molecular weight is 396 g/mol. The lowest BCUT2D eigenvalue weighted by atomic mass is 10.2. The van der Waals surface area contributed by atoms with E-state index < -0.39 is 0 Å². The number of hydrogen-bond donors (Lipinski definition) is 3. The third kappa shape index (κ3) is 8.60. The van der Waals surface area contributed by atoms with Crippen molar-refractivity contribution in [2.45, 2.75) is 65.0 Å². The van der Waals surface area contributed by atoms with Crippen molar-refractivity contribution in [1.29, 1.82) is 0 Å². The number of rotatable bonds is 6. The predicted octanol–water partition coefficient (Wildman–Crippen LogP) is 2.02. The maximum absolute atomic E-state index is 11.7. The molecule has 0 unspecified atom stereocenters. The second kappa shape index (κ2) is 11.2. The van der Waals surface area contributed by atoms with Crippen LogP contribution in [0.3, 0.4) is 0 Å². The molecule has 0 spiro atoms. The van der Waals surface area contributed by atoms with Crippen molar-refractivity contribution in [1.82, 2.24) is 16.0 Å². The van der Waals surface area contributed by atoms with Gasteiger partial charge in [0.05, 0.1) is 6.54 Å². The van der Waals surface area contributed by atoms with Gasteiger partial charge in [-0.2, -0.15) is 0 Å². The summed E-state index contributed by atoms with van der Waals surface area (Å²) in [4.78, 5) is 16.1. The van der Waals surface area contributed by atoms with Crippen molar-refractivity contribution in [2.75, 3.05) is 13.1 Å². The Morgan fingerprint density at radius 1 is 1.30 bits per heavy atom. The highest BCUT2D eigenvalue weighted by atomic mass is 127. The molecule has 0 radical (unpaired) electrons. The predicted molar refractivity (Wildman–Crippen MR) is 94.7 cm³/mol. The van der Waals surface area contributed by atoms with E-state index in [0.717, 1.165) is 25.3 Å². The molecule has 0 saturated heterocycles. The highest BCUT2D eigenvalue weighted by molar-refractivity contribution is 14.0. The highest BCUT2D eigenvalue weighted by Crippen LogP contribution is 2.17. The van der Waals surface area contributed by atoms with Gasteiger partial charge < -0.3 is 16.0 Å². The third-order valence-electron chi connectivity index (χ3n) is 3.10. The summed E-state index contributed by atoms with van der Waals surface area (Å²) in [6.07, 6.45) is 5.21. The molecule has 1 fully saturated rings. The van der Waals surface area contributed by atoms with E-state index in [0.29, 0.717) is 25.0 Å². The zero-order valence-electron chi connectivity index (χ0n) is 12.9. The maximum atomic E-state index is 11.7. The number of amides is 1. The minimum absolute atomic E-state index is 0. The molecule has 1 amide bonds. The zero-order chi connectivity index (χ0) is 14.1. The first-order valence-electron chi connectivity index (χ1n) is 7.46. The Balaban J connectivity index is 0.00000361. The summed E-state index contributed by atoms with van der Waals surface area (Å²) in [5.41, 5.74) is 0. The first kappa shape index (κ1) is 19.5. The van der Waals surface area contributed by atoms with Gasteiger partial charge in [0.25, 0.3) is 0 Å².